The third-order valence-electron chi connectivity index (χ3n) is 10.9. The van der Waals surface area contributed by atoms with Crippen LogP contribution in [0.3, 0.4) is 0 Å². The molecule has 2 amide bonds. The van der Waals surface area contributed by atoms with Crippen LogP contribution >= 0.6 is 11.8 Å². The molecule has 0 spiro atoms. The molecular formula is C37H42N6O5S. The van der Waals surface area contributed by atoms with Crippen molar-refractivity contribution < 1.29 is 24.5 Å². The summed E-state index contributed by atoms with van der Waals surface area (Å²) in [6.45, 7) is 2.08. The van der Waals surface area contributed by atoms with E-state index in [4.69, 9.17) is 9.47 Å². The average Bonchev–Trinajstić information content (AvgIpc) is 3.56. The largest absolute Gasteiger partial charge is 0.508 e. The Morgan fingerprint density at radius 3 is 2.37 bits per heavy atom. The van der Waals surface area contributed by atoms with Gasteiger partial charge in [0, 0.05) is 28.5 Å². The number of anilines is 1. The van der Waals surface area contributed by atoms with Gasteiger partial charge in [-0.1, -0.05) is 55.1 Å². The molecule has 12 heteroatoms. The zero-order valence-electron chi connectivity index (χ0n) is 27.4. The lowest BCUT2D eigenvalue weighted by molar-refractivity contribution is -0.268. The highest BCUT2D eigenvalue weighted by atomic mass is 32.2. The van der Waals surface area contributed by atoms with Gasteiger partial charge in [0.15, 0.2) is 6.29 Å². The van der Waals surface area contributed by atoms with Crippen molar-refractivity contribution in [3.63, 3.8) is 0 Å². The van der Waals surface area contributed by atoms with Crippen LogP contribution in [0.15, 0.2) is 78.0 Å². The number of rotatable bonds is 9. The van der Waals surface area contributed by atoms with Crippen molar-refractivity contribution in [1.29, 1.82) is 0 Å². The standard InChI is InChI=1S/C37H42N6O5S/c1-22-32(21-49-36-40-41-42-43(36)30-9-11-31(45)12-10-30)47-34(48-33(22)27-7-5-23(20-44)6-8-27)28-3-2-4-29(16-28)38-35(46)39-37-17-24-13-25(18-37)15-26(14-24)19-37/h2-12,16,22,24-26,32-34,44-45H,13-15,17-21H2,1H3,(H2,38,39,46)/t22-,24?,25?,26?,32+,33+,34+,37?/m1/s1. The number of aliphatic hydroxyl groups excluding tert-OH is 1. The number of hydrogen-bond acceptors (Lipinski definition) is 9. The Kier molecular flexibility index (Phi) is 8.81. The number of phenols is 1. The van der Waals surface area contributed by atoms with Gasteiger partial charge in [0.1, 0.15) is 5.75 Å². The third-order valence-corrected chi connectivity index (χ3v) is 11.9. The number of aromatic nitrogens is 4. The molecule has 4 aromatic rings. The second kappa shape index (κ2) is 13.4. The van der Waals surface area contributed by atoms with E-state index in [1.54, 1.807) is 28.9 Å². The summed E-state index contributed by atoms with van der Waals surface area (Å²) in [6, 6.07) is 22.1. The summed E-state index contributed by atoms with van der Waals surface area (Å²) in [4.78, 5) is 13.4. The molecule has 0 radical (unpaired) electrons. The molecule has 1 saturated heterocycles. The van der Waals surface area contributed by atoms with Crippen LogP contribution in [0.25, 0.3) is 5.69 Å². The summed E-state index contributed by atoms with van der Waals surface area (Å²) < 4.78 is 15.0. The Hall–Kier alpha value is -3.97. The molecule has 9 rings (SSSR count). The smallest absolute Gasteiger partial charge is 0.319 e. The molecule has 5 aliphatic rings. The number of thioether (sulfide) groups is 1. The molecule has 4 saturated carbocycles. The van der Waals surface area contributed by atoms with E-state index in [1.807, 2.05) is 48.5 Å². The minimum Gasteiger partial charge on any atom is -0.508 e. The van der Waals surface area contributed by atoms with Crippen molar-refractivity contribution in [2.45, 2.75) is 81.2 Å². The molecule has 4 bridgehead atoms. The first-order valence-electron chi connectivity index (χ1n) is 17.2. The molecule has 2 heterocycles. The third kappa shape index (κ3) is 6.79. The van der Waals surface area contributed by atoms with Gasteiger partial charge in [0.25, 0.3) is 0 Å². The van der Waals surface area contributed by atoms with Crippen LogP contribution in [0.1, 0.15) is 74.5 Å². The van der Waals surface area contributed by atoms with E-state index in [9.17, 15) is 15.0 Å². The van der Waals surface area contributed by atoms with Gasteiger partial charge < -0.3 is 30.3 Å². The van der Waals surface area contributed by atoms with E-state index in [0.29, 0.717) is 16.6 Å². The minimum absolute atomic E-state index is 0.0294. The number of amides is 2. The first-order chi connectivity index (χ1) is 23.8. The lowest BCUT2D eigenvalue weighted by Crippen LogP contribution is -2.60. The first-order valence-corrected chi connectivity index (χ1v) is 18.2. The number of urea groups is 1. The van der Waals surface area contributed by atoms with Crippen LogP contribution < -0.4 is 10.6 Å². The summed E-state index contributed by atoms with van der Waals surface area (Å²) in [6.07, 6.45) is 6.03. The SMILES string of the molecule is C[C@@H]1[C@H](CSc2nnnn2-c2ccc(O)cc2)O[C@H](c2cccc(NC(=O)NC34CC5CC(CC(C5)C3)C4)c2)O[C@@H]1c1ccc(CO)cc1. The lowest BCUT2D eigenvalue weighted by atomic mass is 9.53. The molecule has 1 aromatic heterocycles. The zero-order valence-corrected chi connectivity index (χ0v) is 28.3. The van der Waals surface area contributed by atoms with Gasteiger partial charge in [-0.2, -0.15) is 4.68 Å². The van der Waals surface area contributed by atoms with Crippen LogP contribution in [-0.4, -0.2) is 53.8 Å². The molecule has 3 aromatic carbocycles. The number of benzene rings is 3. The second-order valence-corrected chi connectivity index (χ2v) is 15.4. The first kappa shape index (κ1) is 32.2. The van der Waals surface area contributed by atoms with Gasteiger partial charge in [0.05, 0.1) is 24.5 Å². The molecule has 49 heavy (non-hydrogen) atoms. The number of hydrogen-bond donors (Lipinski definition) is 4. The Morgan fingerprint density at radius 1 is 0.959 bits per heavy atom. The Morgan fingerprint density at radius 2 is 1.67 bits per heavy atom. The monoisotopic (exact) mass is 682 g/mol. The van der Waals surface area contributed by atoms with E-state index in [2.05, 4.69) is 33.1 Å². The normalized spacial score (nSPS) is 30.3. The van der Waals surface area contributed by atoms with Crippen molar-refractivity contribution >= 4 is 23.5 Å². The second-order valence-electron chi connectivity index (χ2n) is 14.4. The number of aromatic hydroxyl groups is 1. The molecule has 4 atom stereocenters. The molecule has 256 valence electrons. The number of ether oxygens (including phenoxy) is 2. The number of carbonyl (C=O) groups excluding carboxylic acids is 1. The number of nitrogens with zero attached hydrogens (tertiary/aromatic N) is 4. The maximum Gasteiger partial charge on any atom is 0.319 e. The summed E-state index contributed by atoms with van der Waals surface area (Å²) in [5, 5.41) is 38.8. The highest BCUT2D eigenvalue weighted by Crippen LogP contribution is 2.55. The van der Waals surface area contributed by atoms with Crippen LogP contribution in [0.2, 0.25) is 0 Å². The molecule has 1 aliphatic heterocycles. The van der Waals surface area contributed by atoms with E-state index in [-0.39, 0.29) is 42.1 Å². The van der Waals surface area contributed by atoms with E-state index >= 15 is 0 Å². The number of carbonyl (C=O) groups is 1. The van der Waals surface area contributed by atoms with Gasteiger partial charge in [-0.05, 0) is 114 Å². The number of phenolic OH excluding ortho intramolecular Hbond substituents is 1. The van der Waals surface area contributed by atoms with Crippen LogP contribution in [-0.2, 0) is 16.1 Å². The van der Waals surface area contributed by atoms with Gasteiger partial charge in [0.2, 0.25) is 5.16 Å². The van der Waals surface area contributed by atoms with E-state index < -0.39 is 6.29 Å². The van der Waals surface area contributed by atoms with Gasteiger partial charge in [-0.15, -0.1) is 5.10 Å². The Labute approximate surface area is 289 Å². The number of aliphatic hydroxyl groups is 1. The fourth-order valence-corrected chi connectivity index (χ4v) is 9.98. The van der Waals surface area contributed by atoms with Gasteiger partial charge in [-0.25, -0.2) is 4.79 Å². The fourth-order valence-electron chi connectivity index (χ4n) is 8.92. The Balaban J connectivity index is 1.000. The average molecular weight is 683 g/mol. The highest BCUT2D eigenvalue weighted by molar-refractivity contribution is 7.99. The quantitative estimate of drug-likeness (QED) is 0.145. The van der Waals surface area contributed by atoms with Gasteiger partial charge in [-0.3, -0.25) is 0 Å². The van der Waals surface area contributed by atoms with Crippen molar-refractivity contribution in [3.8, 4) is 11.4 Å². The summed E-state index contributed by atoms with van der Waals surface area (Å²) in [5.41, 5.74) is 3.98. The summed E-state index contributed by atoms with van der Waals surface area (Å²) >= 11 is 1.49. The maximum absolute atomic E-state index is 13.4. The molecule has 4 N–H and O–H groups in total. The van der Waals surface area contributed by atoms with Crippen LogP contribution in [0, 0.1) is 23.7 Å². The van der Waals surface area contributed by atoms with Crippen LogP contribution in [0.4, 0.5) is 10.5 Å². The zero-order chi connectivity index (χ0) is 33.5. The van der Waals surface area contributed by atoms with E-state index in [1.165, 1.54) is 31.0 Å². The number of tetrazole rings is 1. The topological polar surface area (TPSA) is 144 Å². The molecule has 5 fully saturated rings. The molecular weight excluding hydrogens is 641 g/mol. The summed E-state index contributed by atoms with van der Waals surface area (Å²) in [7, 11) is 0. The van der Waals surface area contributed by atoms with Crippen molar-refractivity contribution in [1.82, 2.24) is 25.5 Å². The highest BCUT2D eigenvalue weighted by Gasteiger charge is 2.51. The van der Waals surface area contributed by atoms with Crippen molar-refractivity contribution in [3.05, 3.63) is 89.5 Å². The Bertz CT molecular complexity index is 1750. The van der Waals surface area contributed by atoms with Crippen molar-refractivity contribution in [2.75, 3.05) is 11.1 Å². The van der Waals surface area contributed by atoms with E-state index in [0.717, 1.165) is 59.4 Å². The predicted octanol–water partition coefficient (Wildman–Crippen LogP) is 6.53. The summed E-state index contributed by atoms with van der Waals surface area (Å²) in [5.74, 6) is 2.93. The maximum atomic E-state index is 13.4. The molecule has 4 aliphatic carbocycles. The number of nitrogens with one attached hydrogen (secondary N) is 2. The fraction of sp³-hybridized carbons (Fsp3) is 0.459. The lowest BCUT2D eigenvalue weighted by Gasteiger charge is -2.56. The van der Waals surface area contributed by atoms with Gasteiger partial charge >= 0.3 is 6.03 Å². The predicted molar refractivity (Wildman–Crippen MR) is 184 cm³/mol. The molecule has 11 nitrogen and oxygen atoms in total. The van der Waals surface area contributed by atoms with Crippen molar-refractivity contribution in [2.24, 2.45) is 23.7 Å². The minimum atomic E-state index is -0.689. The molecule has 0 unspecified atom stereocenters. The van der Waals surface area contributed by atoms with Crippen LogP contribution in [0.5, 0.6) is 5.75 Å².